The molecule has 23 heavy (non-hydrogen) atoms. The second-order valence-electron chi connectivity index (χ2n) is 6.68. The molecule has 6 heteroatoms. The first kappa shape index (κ1) is 16.1. The molecule has 0 saturated carbocycles. The van der Waals surface area contributed by atoms with E-state index in [-0.39, 0.29) is 23.8 Å². The van der Waals surface area contributed by atoms with Crippen LogP contribution in [0.2, 0.25) is 0 Å². The minimum atomic E-state index is -0.259. The Morgan fingerprint density at radius 1 is 1.22 bits per heavy atom. The van der Waals surface area contributed by atoms with Crippen molar-refractivity contribution in [1.29, 1.82) is 0 Å². The zero-order valence-corrected chi connectivity index (χ0v) is 13.8. The van der Waals surface area contributed by atoms with Gasteiger partial charge in [-0.15, -0.1) is 0 Å². The molecule has 0 spiro atoms. The van der Waals surface area contributed by atoms with Crippen molar-refractivity contribution in [3.8, 4) is 0 Å². The van der Waals surface area contributed by atoms with Crippen molar-refractivity contribution in [2.75, 3.05) is 19.7 Å². The van der Waals surface area contributed by atoms with Crippen molar-refractivity contribution in [3.63, 3.8) is 0 Å². The van der Waals surface area contributed by atoms with Gasteiger partial charge in [0.1, 0.15) is 5.69 Å². The van der Waals surface area contributed by atoms with E-state index in [9.17, 15) is 9.59 Å². The third-order valence-corrected chi connectivity index (χ3v) is 5.38. The summed E-state index contributed by atoms with van der Waals surface area (Å²) < 4.78 is 7.69. The van der Waals surface area contributed by atoms with Gasteiger partial charge >= 0.3 is 0 Å². The van der Waals surface area contributed by atoms with Gasteiger partial charge in [-0.3, -0.25) is 9.59 Å². The van der Waals surface area contributed by atoms with Crippen LogP contribution in [0.15, 0.2) is 12.1 Å². The number of nitrogens with zero attached hydrogens (tertiary/aromatic N) is 2. The van der Waals surface area contributed by atoms with E-state index in [1.165, 1.54) is 0 Å². The van der Waals surface area contributed by atoms with E-state index in [2.05, 4.69) is 0 Å². The molecule has 2 fully saturated rings. The molecular weight excluding hydrogens is 294 g/mol. The highest BCUT2D eigenvalue weighted by Gasteiger charge is 2.40. The predicted octanol–water partition coefficient (Wildman–Crippen LogP) is 1.08. The Balaban J connectivity index is 1.61. The van der Waals surface area contributed by atoms with Crippen LogP contribution in [0, 0.1) is 18.8 Å². The third-order valence-electron chi connectivity index (χ3n) is 5.38. The summed E-state index contributed by atoms with van der Waals surface area (Å²) in [6.45, 7) is 4.02. The number of piperidine rings is 1. The van der Waals surface area contributed by atoms with Gasteiger partial charge in [-0.1, -0.05) is 0 Å². The van der Waals surface area contributed by atoms with Crippen LogP contribution in [0.4, 0.5) is 0 Å². The topological polar surface area (TPSA) is 77.6 Å². The lowest BCUT2D eigenvalue weighted by molar-refractivity contribution is -0.124. The number of carbonyl (C=O) groups is 2. The van der Waals surface area contributed by atoms with Gasteiger partial charge in [0.15, 0.2) is 0 Å². The van der Waals surface area contributed by atoms with E-state index in [1.807, 2.05) is 35.6 Å². The Labute approximate surface area is 136 Å². The summed E-state index contributed by atoms with van der Waals surface area (Å²) in [6.07, 6.45) is 2.39. The molecule has 2 saturated heterocycles. The van der Waals surface area contributed by atoms with Gasteiger partial charge in [0.2, 0.25) is 5.91 Å². The van der Waals surface area contributed by atoms with Gasteiger partial charge in [0.25, 0.3) is 5.91 Å². The Bertz CT molecular complexity index is 602. The molecule has 3 rings (SSSR count). The quantitative estimate of drug-likeness (QED) is 0.905. The van der Waals surface area contributed by atoms with Crippen LogP contribution >= 0.6 is 0 Å². The molecule has 0 unspecified atom stereocenters. The number of aromatic nitrogens is 1. The normalized spacial score (nSPS) is 25.7. The molecule has 2 atom stereocenters. The maximum atomic E-state index is 12.6. The monoisotopic (exact) mass is 319 g/mol. The highest BCUT2D eigenvalue weighted by Crippen LogP contribution is 2.33. The van der Waals surface area contributed by atoms with Gasteiger partial charge < -0.3 is 19.9 Å². The first-order valence-corrected chi connectivity index (χ1v) is 8.31. The fourth-order valence-electron chi connectivity index (χ4n) is 3.80. The van der Waals surface area contributed by atoms with Gasteiger partial charge in [0, 0.05) is 32.4 Å². The summed E-state index contributed by atoms with van der Waals surface area (Å²) in [5.74, 6) is -0.0323. The number of ether oxygens (including phenoxy) is 1. The standard InChI is InChI=1S/C17H25N3O3/c1-11-3-4-14(19(11)2)17(22)20-8-5-12(6-9-20)15-13(16(18)21)7-10-23-15/h3-4,12-13,15H,5-10H2,1-2H3,(H2,18,21)/t13-,15+/m0/s1. The van der Waals surface area contributed by atoms with E-state index in [1.54, 1.807) is 0 Å². The number of primary amides is 1. The largest absolute Gasteiger partial charge is 0.377 e. The number of nitrogens with two attached hydrogens (primary N) is 1. The van der Waals surface area contributed by atoms with E-state index in [0.717, 1.165) is 30.7 Å². The van der Waals surface area contributed by atoms with Crippen LogP contribution in [-0.4, -0.2) is 47.1 Å². The van der Waals surface area contributed by atoms with Crippen molar-refractivity contribution in [2.45, 2.75) is 32.3 Å². The molecule has 2 aliphatic heterocycles. The van der Waals surface area contributed by atoms with Crippen LogP contribution in [0.3, 0.4) is 0 Å². The predicted molar refractivity (Wildman–Crippen MR) is 85.8 cm³/mol. The number of hydrogen-bond acceptors (Lipinski definition) is 3. The fraction of sp³-hybridized carbons (Fsp3) is 0.647. The molecule has 1 aromatic heterocycles. The second kappa shape index (κ2) is 6.35. The van der Waals surface area contributed by atoms with Crippen molar-refractivity contribution in [2.24, 2.45) is 24.6 Å². The average molecular weight is 319 g/mol. The minimum absolute atomic E-state index is 0.0676. The number of amides is 2. The molecule has 1 aromatic rings. The highest BCUT2D eigenvalue weighted by molar-refractivity contribution is 5.93. The molecule has 6 nitrogen and oxygen atoms in total. The average Bonchev–Trinajstić information content (AvgIpc) is 3.15. The number of hydrogen-bond donors (Lipinski definition) is 1. The Morgan fingerprint density at radius 2 is 1.91 bits per heavy atom. The molecule has 0 radical (unpaired) electrons. The lowest BCUT2D eigenvalue weighted by atomic mass is 9.84. The summed E-state index contributed by atoms with van der Waals surface area (Å²) in [5.41, 5.74) is 7.28. The summed E-state index contributed by atoms with van der Waals surface area (Å²) in [7, 11) is 1.92. The number of aryl methyl sites for hydroxylation is 1. The smallest absolute Gasteiger partial charge is 0.270 e. The Morgan fingerprint density at radius 3 is 2.48 bits per heavy atom. The zero-order valence-electron chi connectivity index (χ0n) is 13.8. The van der Waals surface area contributed by atoms with E-state index in [0.29, 0.717) is 25.6 Å². The second-order valence-corrected chi connectivity index (χ2v) is 6.68. The third kappa shape index (κ3) is 3.00. The maximum Gasteiger partial charge on any atom is 0.270 e. The summed E-state index contributed by atoms with van der Waals surface area (Å²) in [4.78, 5) is 26.1. The molecular formula is C17H25N3O3. The van der Waals surface area contributed by atoms with Crippen molar-refractivity contribution in [3.05, 3.63) is 23.5 Å². The Hall–Kier alpha value is -1.82. The Kier molecular flexibility index (Phi) is 4.43. The van der Waals surface area contributed by atoms with Gasteiger partial charge in [-0.25, -0.2) is 0 Å². The molecule has 0 aliphatic carbocycles. The lowest BCUT2D eigenvalue weighted by Gasteiger charge is -2.35. The fourth-order valence-corrected chi connectivity index (χ4v) is 3.80. The molecule has 126 valence electrons. The zero-order chi connectivity index (χ0) is 16.6. The van der Waals surface area contributed by atoms with Gasteiger partial charge in [-0.05, 0) is 44.2 Å². The molecule has 2 amide bonds. The number of carbonyl (C=O) groups excluding carboxylic acids is 2. The summed E-state index contributed by atoms with van der Waals surface area (Å²) in [6, 6.07) is 3.84. The molecule has 2 aliphatic rings. The van der Waals surface area contributed by atoms with Crippen molar-refractivity contribution in [1.82, 2.24) is 9.47 Å². The van der Waals surface area contributed by atoms with Crippen molar-refractivity contribution >= 4 is 11.8 Å². The molecule has 3 heterocycles. The number of rotatable bonds is 3. The minimum Gasteiger partial charge on any atom is -0.377 e. The van der Waals surface area contributed by atoms with Crippen LogP contribution in [0.25, 0.3) is 0 Å². The first-order chi connectivity index (χ1) is 11.0. The van der Waals surface area contributed by atoms with E-state index in [4.69, 9.17) is 10.5 Å². The van der Waals surface area contributed by atoms with E-state index >= 15 is 0 Å². The van der Waals surface area contributed by atoms with E-state index < -0.39 is 0 Å². The number of likely N-dealkylation sites (tertiary alicyclic amines) is 1. The maximum absolute atomic E-state index is 12.6. The molecule has 2 N–H and O–H groups in total. The SMILES string of the molecule is Cc1ccc(C(=O)N2CCC([C@H]3OCC[C@@H]3C(N)=O)CC2)n1C. The van der Waals surface area contributed by atoms with Crippen LogP contribution < -0.4 is 5.73 Å². The van der Waals surface area contributed by atoms with Crippen LogP contribution in [0.5, 0.6) is 0 Å². The van der Waals surface area contributed by atoms with Crippen LogP contribution in [0.1, 0.15) is 35.4 Å². The summed E-state index contributed by atoms with van der Waals surface area (Å²) >= 11 is 0. The van der Waals surface area contributed by atoms with Gasteiger partial charge in [-0.2, -0.15) is 0 Å². The van der Waals surface area contributed by atoms with Gasteiger partial charge in [0.05, 0.1) is 12.0 Å². The van der Waals surface area contributed by atoms with Crippen LogP contribution in [-0.2, 0) is 16.6 Å². The lowest BCUT2D eigenvalue weighted by Crippen LogP contribution is -2.44. The summed E-state index contributed by atoms with van der Waals surface area (Å²) in [5, 5.41) is 0. The molecule has 0 bridgehead atoms. The first-order valence-electron chi connectivity index (χ1n) is 8.31. The molecule has 0 aromatic carbocycles. The van der Waals surface area contributed by atoms with Crippen molar-refractivity contribution < 1.29 is 14.3 Å². The highest BCUT2D eigenvalue weighted by atomic mass is 16.5.